The Morgan fingerprint density at radius 3 is 1.14 bits per heavy atom. The van der Waals surface area contributed by atoms with Crippen LogP contribution in [0.5, 0.6) is 11.5 Å². The third kappa shape index (κ3) is 10.6. The third-order valence-corrected chi connectivity index (χ3v) is 8.88. The largest absolute Gasteiger partial charge is 0.676 e. The maximum Gasteiger partial charge on any atom is -0.0548 e. The minimum atomic E-state index is -0.151. The molecule has 0 saturated heterocycles. The van der Waals surface area contributed by atoms with Crippen LogP contribution in [-0.4, -0.2) is 32.1 Å². The van der Waals surface area contributed by atoms with Gasteiger partial charge in [-0.05, 0) is 0 Å². The molecule has 0 radical (unpaired) electrons. The van der Waals surface area contributed by atoms with Crippen LogP contribution in [0.25, 0.3) is 11.5 Å². The zero-order valence-electron chi connectivity index (χ0n) is 28.1. The van der Waals surface area contributed by atoms with Gasteiger partial charge < -0.3 is 11.5 Å². The first-order chi connectivity index (χ1) is 18.5. The van der Waals surface area contributed by atoms with Gasteiger partial charge >= 0.3 is 208 Å². The molecule has 1 aliphatic carbocycles. The molecule has 42 heavy (non-hydrogen) atoms. The van der Waals surface area contributed by atoms with Gasteiger partial charge in [-0.25, -0.2) is 0 Å². The monoisotopic (exact) mass is 639 g/mol. The Bertz CT molecular complexity index is 1170. The van der Waals surface area contributed by atoms with Crippen molar-refractivity contribution in [2.45, 2.75) is 143 Å². The summed E-state index contributed by atoms with van der Waals surface area (Å²) in [6, 6.07) is 8.35. The summed E-state index contributed by atoms with van der Waals surface area (Å²) in [7, 11) is 0. The molecule has 0 bridgehead atoms. The van der Waals surface area contributed by atoms with Crippen molar-refractivity contribution in [3.05, 3.63) is 69.1 Å². The topological polar surface area (TPSA) is 88.1 Å². The van der Waals surface area contributed by atoms with Gasteiger partial charge in [0, 0.05) is 0 Å². The molecule has 0 aliphatic heterocycles. The van der Waals surface area contributed by atoms with Crippen LogP contribution >= 0.6 is 12.4 Å². The number of aromatic hydroxyl groups is 2. The first kappa shape index (κ1) is 38.5. The average molecular weight is 640 g/mol. The maximum absolute atomic E-state index is 11.1. The predicted octanol–water partition coefficient (Wildman–Crippen LogP) is 10.2. The fraction of sp³-hybridized carbons (Fsp3) is 0.611. The second-order valence-corrected chi connectivity index (χ2v) is 16.8. The normalized spacial score (nSPS) is 17.9. The molecule has 0 aromatic heterocycles. The molecule has 4 N–H and O–H groups in total. The van der Waals surface area contributed by atoms with E-state index in [1.165, 1.54) is 24.0 Å². The predicted molar refractivity (Wildman–Crippen MR) is 183 cm³/mol. The van der Waals surface area contributed by atoms with Crippen molar-refractivity contribution >= 4 is 22.2 Å². The van der Waals surface area contributed by atoms with E-state index in [2.05, 4.69) is 117 Å². The summed E-state index contributed by atoms with van der Waals surface area (Å²) in [5.41, 5.74) is 20.4. The summed E-state index contributed by atoms with van der Waals surface area (Å²) >= 11 is 0.293. The molecule has 0 spiro atoms. The maximum atomic E-state index is 11.1. The Morgan fingerprint density at radius 2 is 0.905 bits per heavy atom. The first-order valence-corrected chi connectivity index (χ1v) is 16.4. The SMILES string of the molecule is CC(C)(C)c1cc([CH]=[Mn]=[CH]c2cc(C(C)(C)C)cc(C(C)(C)C)c2O)c(O)c(C(C)(C)C)c1.Cl.[NH-]C1CCCCC1[NH-]. The molecule has 1 fully saturated rings. The molecule has 2 aromatic rings. The summed E-state index contributed by atoms with van der Waals surface area (Å²) in [4.78, 5) is 4.20. The van der Waals surface area contributed by atoms with Crippen LogP contribution in [0.3, 0.4) is 0 Å². The van der Waals surface area contributed by atoms with Gasteiger partial charge in [0.25, 0.3) is 0 Å². The van der Waals surface area contributed by atoms with E-state index in [1.807, 2.05) is 0 Å². The molecule has 0 amide bonds. The van der Waals surface area contributed by atoms with Crippen molar-refractivity contribution in [3.8, 4) is 11.5 Å². The standard InChI is InChI=1S/2C15H22O.C6H12N2.ClH.Mn/c2*1-10-8-11(14(2,3)4)9-12(13(10)16)15(5,6)7;7-5-3-1-2-4-6(5)8;;/h2*1,8-9,16H,2-7H3;5-8H,1-4H2;1H;/q;;-2;;. The van der Waals surface area contributed by atoms with Gasteiger partial charge in [-0.15, -0.1) is 12.4 Å². The van der Waals surface area contributed by atoms with Gasteiger partial charge in [-0.1, -0.05) is 25.7 Å². The summed E-state index contributed by atoms with van der Waals surface area (Å²) in [6.07, 6.45) is 4.25. The molecular formula is C36H57ClMnN2O2-2. The molecule has 1 saturated carbocycles. The molecule has 6 heteroatoms. The van der Waals surface area contributed by atoms with E-state index in [0.717, 1.165) is 35.1 Å². The molecule has 2 atom stereocenters. The second-order valence-electron chi connectivity index (χ2n) is 15.8. The van der Waals surface area contributed by atoms with E-state index in [-0.39, 0.29) is 46.2 Å². The van der Waals surface area contributed by atoms with E-state index in [0.29, 0.717) is 25.6 Å². The Balaban J connectivity index is 0.000000843. The second kappa shape index (κ2) is 14.5. The molecule has 1 aliphatic rings. The van der Waals surface area contributed by atoms with Crippen LogP contribution in [0.2, 0.25) is 0 Å². The first-order valence-electron chi connectivity index (χ1n) is 15.0. The van der Waals surface area contributed by atoms with E-state index in [1.54, 1.807) is 0 Å². The number of benzene rings is 2. The Hall–Kier alpha value is -1.49. The van der Waals surface area contributed by atoms with Crippen LogP contribution in [0.4, 0.5) is 0 Å². The fourth-order valence-corrected chi connectivity index (χ4v) is 5.83. The average Bonchev–Trinajstić information content (AvgIpc) is 2.80. The van der Waals surface area contributed by atoms with Gasteiger partial charge in [0.1, 0.15) is 0 Å². The van der Waals surface area contributed by atoms with E-state index in [4.69, 9.17) is 11.5 Å². The van der Waals surface area contributed by atoms with Crippen molar-refractivity contribution in [3.63, 3.8) is 0 Å². The molecular weight excluding hydrogens is 583 g/mol. The minimum absolute atomic E-state index is 0. The van der Waals surface area contributed by atoms with Crippen LogP contribution in [-0.2, 0) is 35.7 Å². The molecule has 4 nitrogen and oxygen atoms in total. The Kier molecular flexibility index (Phi) is 13.3. The van der Waals surface area contributed by atoms with Crippen molar-refractivity contribution in [1.29, 1.82) is 0 Å². The van der Waals surface area contributed by atoms with Crippen molar-refractivity contribution in [2.75, 3.05) is 0 Å². The van der Waals surface area contributed by atoms with Gasteiger partial charge in [0.2, 0.25) is 0 Å². The fourth-order valence-electron chi connectivity index (χ4n) is 4.79. The molecule has 0 heterocycles. The van der Waals surface area contributed by atoms with E-state index >= 15 is 0 Å². The van der Waals surface area contributed by atoms with Crippen molar-refractivity contribution in [2.24, 2.45) is 0 Å². The third-order valence-electron chi connectivity index (χ3n) is 7.75. The van der Waals surface area contributed by atoms with Crippen LogP contribution < -0.4 is 0 Å². The number of hydrogen-bond donors (Lipinski definition) is 2. The van der Waals surface area contributed by atoms with E-state index in [9.17, 15) is 10.2 Å². The number of phenolic OH excluding ortho intramolecular Hbond substituents is 2. The van der Waals surface area contributed by atoms with Crippen molar-refractivity contribution < 1.29 is 24.3 Å². The van der Waals surface area contributed by atoms with Gasteiger partial charge in [0.15, 0.2) is 0 Å². The van der Waals surface area contributed by atoms with Gasteiger partial charge in [-0.2, -0.15) is 12.1 Å². The van der Waals surface area contributed by atoms with Crippen LogP contribution in [0.1, 0.15) is 142 Å². The van der Waals surface area contributed by atoms with Crippen LogP contribution in [0, 0.1) is 0 Å². The quantitative estimate of drug-likeness (QED) is 0.320. The number of halogens is 1. The number of phenols is 2. The zero-order valence-corrected chi connectivity index (χ0v) is 30.1. The zero-order chi connectivity index (χ0) is 31.6. The Labute approximate surface area is 268 Å². The molecule has 3 rings (SSSR count). The van der Waals surface area contributed by atoms with E-state index < -0.39 is 0 Å². The minimum Gasteiger partial charge on any atom is -0.676 e. The smallest absolute Gasteiger partial charge is 0.0548 e. The summed E-state index contributed by atoms with van der Waals surface area (Å²) in [5, 5.41) is 22.2. The van der Waals surface area contributed by atoms with Crippen molar-refractivity contribution in [1.82, 2.24) is 0 Å². The Morgan fingerprint density at radius 1 is 0.595 bits per heavy atom. The summed E-state index contributed by atoms with van der Waals surface area (Å²) in [5.74, 6) is 0.723. The number of hydrogen-bond acceptors (Lipinski definition) is 2. The summed E-state index contributed by atoms with van der Waals surface area (Å²) < 4.78 is 0. The molecule has 2 aromatic carbocycles. The molecule has 239 valence electrons. The van der Waals surface area contributed by atoms with Gasteiger partial charge in [-0.3, -0.25) is 0 Å². The number of nitrogens with one attached hydrogen (secondary N) is 2. The van der Waals surface area contributed by atoms with Gasteiger partial charge in [0.05, 0.1) is 0 Å². The van der Waals surface area contributed by atoms with Crippen LogP contribution in [0.15, 0.2) is 24.3 Å². The number of rotatable bonds is 2. The summed E-state index contributed by atoms with van der Waals surface area (Å²) in [6.45, 7) is 26.0. The molecule has 2 unspecified atom stereocenters.